The van der Waals surface area contributed by atoms with Gasteiger partial charge in [-0.15, -0.1) is 0 Å². The number of benzene rings is 1. The molecule has 0 bridgehead atoms. The summed E-state index contributed by atoms with van der Waals surface area (Å²) >= 11 is 0. The molecule has 2 aromatic rings. The molecule has 2 rings (SSSR count). The van der Waals surface area contributed by atoms with Gasteiger partial charge in [-0.2, -0.15) is 5.10 Å². The van der Waals surface area contributed by atoms with Crippen LogP contribution >= 0.6 is 0 Å². The van der Waals surface area contributed by atoms with Crippen molar-refractivity contribution in [2.75, 3.05) is 0 Å². The van der Waals surface area contributed by atoms with Crippen LogP contribution in [0.15, 0.2) is 24.3 Å². The molecule has 0 spiro atoms. The number of rotatable bonds is 4. The van der Waals surface area contributed by atoms with Gasteiger partial charge in [-0.3, -0.25) is 4.68 Å². The second-order valence-corrected chi connectivity index (χ2v) is 6.74. The molecule has 21 heavy (non-hydrogen) atoms. The van der Waals surface area contributed by atoms with Gasteiger partial charge in [0, 0.05) is 17.5 Å². The van der Waals surface area contributed by atoms with E-state index in [0.717, 1.165) is 30.6 Å². The number of nitrogens with zero attached hydrogens (tertiary/aromatic N) is 2. The Morgan fingerprint density at radius 2 is 1.76 bits per heavy atom. The number of aromatic nitrogens is 2. The summed E-state index contributed by atoms with van der Waals surface area (Å²) in [5.41, 5.74) is 3.66. The van der Waals surface area contributed by atoms with E-state index in [2.05, 4.69) is 51.9 Å². The molecule has 0 radical (unpaired) electrons. The van der Waals surface area contributed by atoms with Gasteiger partial charge in [0.05, 0.1) is 5.69 Å². The molecular weight excluding hydrogens is 260 g/mol. The molecule has 0 saturated carbocycles. The van der Waals surface area contributed by atoms with Crippen molar-refractivity contribution in [3.05, 3.63) is 35.5 Å². The topological polar surface area (TPSA) is 38.0 Å². The fraction of sp³-hybridized carbons (Fsp3) is 0.500. The second-order valence-electron chi connectivity index (χ2n) is 6.74. The Kier molecular flexibility index (Phi) is 4.40. The van der Waals surface area contributed by atoms with E-state index in [4.69, 9.17) is 0 Å². The first-order chi connectivity index (χ1) is 9.84. The molecule has 1 N–H and O–H groups in total. The van der Waals surface area contributed by atoms with Gasteiger partial charge in [0.25, 0.3) is 0 Å². The van der Waals surface area contributed by atoms with Gasteiger partial charge in [0.1, 0.15) is 5.69 Å². The van der Waals surface area contributed by atoms with Crippen molar-refractivity contribution in [2.45, 2.75) is 59.4 Å². The maximum atomic E-state index is 10.7. The highest BCUT2D eigenvalue weighted by molar-refractivity contribution is 5.68. The summed E-state index contributed by atoms with van der Waals surface area (Å²) in [6.07, 6.45) is 2.18. The Morgan fingerprint density at radius 1 is 1.14 bits per heavy atom. The van der Waals surface area contributed by atoms with Crippen LogP contribution in [0.4, 0.5) is 0 Å². The number of aromatic hydroxyl groups is 1. The third-order valence-corrected chi connectivity index (χ3v) is 3.69. The minimum atomic E-state index is -0.131. The molecule has 0 fully saturated rings. The molecule has 0 unspecified atom stereocenters. The third kappa shape index (κ3) is 3.29. The maximum absolute atomic E-state index is 10.7. The molecule has 0 atom stereocenters. The zero-order valence-corrected chi connectivity index (χ0v) is 13.8. The molecule has 0 aliphatic heterocycles. The molecule has 1 heterocycles. The molecule has 3 heteroatoms. The van der Waals surface area contributed by atoms with Crippen LogP contribution in [0.3, 0.4) is 0 Å². The Hall–Kier alpha value is -1.77. The third-order valence-electron chi connectivity index (χ3n) is 3.69. The monoisotopic (exact) mass is 286 g/mol. The van der Waals surface area contributed by atoms with E-state index in [1.807, 2.05) is 16.8 Å². The molecule has 1 aromatic carbocycles. The lowest BCUT2D eigenvalue weighted by Crippen LogP contribution is -2.18. The van der Waals surface area contributed by atoms with Crippen LogP contribution in [-0.4, -0.2) is 14.9 Å². The SMILES string of the molecule is CCCCn1nc(-c2ccc(C)cc2)c(O)c1C(C)(C)C. The van der Waals surface area contributed by atoms with Crippen molar-refractivity contribution in [2.24, 2.45) is 0 Å². The lowest BCUT2D eigenvalue weighted by atomic mass is 9.90. The number of hydrogen-bond donors (Lipinski definition) is 1. The van der Waals surface area contributed by atoms with Crippen molar-refractivity contribution >= 4 is 0 Å². The molecule has 114 valence electrons. The van der Waals surface area contributed by atoms with Crippen LogP contribution in [0.2, 0.25) is 0 Å². The Bertz CT molecular complexity index is 603. The summed E-state index contributed by atoms with van der Waals surface area (Å²) in [6.45, 7) is 11.4. The first-order valence-electron chi connectivity index (χ1n) is 7.72. The highest BCUT2D eigenvalue weighted by Crippen LogP contribution is 2.38. The average molecular weight is 286 g/mol. The molecule has 0 aliphatic rings. The van der Waals surface area contributed by atoms with Gasteiger partial charge in [0.2, 0.25) is 0 Å². The lowest BCUT2D eigenvalue weighted by Gasteiger charge is -2.20. The average Bonchev–Trinajstić information content (AvgIpc) is 2.74. The largest absolute Gasteiger partial charge is 0.504 e. The minimum absolute atomic E-state index is 0.131. The van der Waals surface area contributed by atoms with Crippen LogP contribution in [0, 0.1) is 6.92 Å². The molecule has 3 nitrogen and oxygen atoms in total. The Morgan fingerprint density at radius 3 is 2.29 bits per heavy atom. The van der Waals surface area contributed by atoms with E-state index in [1.165, 1.54) is 5.56 Å². The molecule has 0 aliphatic carbocycles. The summed E-state index contributed by atoms with van der Waals surface area (Å²) in [6, 6.07) is 8.15. The predicted molar refractivity (Wildman–Crippen MR) is 87.7 cm³/mol. The van der Waals surface area contributed by atoms with E-state index < -0.39 is 0 Å². The highest BCUT2D eigenvalue weighted by Gasteiger charge is 2.27. The van der Waals surface area contributed by atoms with Crippen molar-refractivity contribution in [1.82, 2.24) is 9.78 Å². The summed E-state index contributed by atoms with van der Waals surface area (Å²) in [5, 5.41) is 15.4. The molecule has 0 amide bonds. The van der Waals surface area contributed by atoms with Crippen molar-refractivity contribution in [1.29, 1.82) is 0 Å². The van der Waals surface area contributed by atoms with Crippen LogP contribution in [0.25, 0.3) is 11.3 Å². The first-order valence-corrected chi connectivity index (χ1v) is 7.72. The minimum Gasteiger partial charge on any atom is -0.504 e. The Balaban J connectivity index is 2.52. The lowest BCUT2D eigenvalue weighted by molar-refractivity contribution is 0.420. The van der Waals surface area contributed by atoms with Crippen LogP contribution in [-0.2, 0) is 12.0 Å². The predicted octanol–water partition coefficient (Wildman–Crippen LogP) is 4.66. The molecule has 1 aromatic heterocycles. The number of unbranched alkanes of at least 4 members (excludes halogenated alkanes) is 1. The van der Waals surface area contributed by atoms with Gasteiger partial charge >= 0.3 is 0 Å². The van der Waals surface area contributed by atoms with Crippen LogP contribution in [0.5, 0.6) is 5.75 Å². The second kappa shape index (κ2) is 5.92. The van der Waals surface area contributed by atoms with E-state index in [-0.39, 0.29) is 5.41 Å². The summed E-state index contributed by atoms with van der Waals surface area (Å²) in [5.74, 6) is 0.322. The normalized spacial score (nSPS) is 11.9. The van der Waals surface area contributed by atoms with Gasteiger partial charge in [-0.05, 0) is 13.3 Å². The van der Waals surface area contributed by atoms with E-state index >= 15 is 0 Å². The van der Waals surface area contributed by atoms with Crippen LogP contribution < -0.4 is 0 Å². The fourth-order valence-corrected chi connectivity index (χ4v) is 2.57. The quantitative estimate of drug-likeness (QED) is 0.887. The maximum Gasteiger partial charge on any atom is 0.165 e. The molecule has 0 saturated heterocycles. The van der Waals surface area contributed by atoms with Gasteiger partial charge in [0.15, 0.2) is 5.75 Å². The van der Waals surface area contributed by atoms with Gasteiger partial charge < -0.3 is 5.11 Å². The summed E-state index contributed by atoms with van der Waals surface area (Å²) in [7, 11) is 0. The summed E-state index contributed by atoms with van der Waals surface area (Å²) < 4.78 is 1.98. The number of hydrogen-bond acceptors (Lipinski definition) is 2. The zero-order chi connectivity index (χ0) is 15.6. The molecular formula is C18H26N2O. The van der Waals surface area contributed by atoms with Crippen molar-refractivity contribution in [3.63, 3.8) is 0 Å². The van der Waals surface area contributed by atoms with E-state index in [9.17, 15) is 5.11 Å². The Labute approximate surface area is 127 Å². The fourth-order valence-electron chi connectivity index (χ4n) is 2.57. The van der Waals surface area contributed by atoms with Gasteiger partial charge in [-0.1, -0.05) is 63.9 Å². The zero-order valence-electron chi connectivity index (χ0n) is 13.8. The van der Waals surface area contributed by atoms with E-state index in [0.29, 0.717) is 11.4 Å². The standard InChI is InChI=1S/C18H26N2O/c1-6-7-12-20-17(18(3,4)5)16(21)15(19-20)14-10-8-13(2)9-11-14/h8-11,21H,6-7,12H2,1-5H3. The first kappa shape index (κ1) is 15.6. The number of aryl methyl sites for hydroxylation is 2. The van der Waals surface area contributed by atoms with Crippen molar-refractivity contribution in [3.8, 4) is 17.0 Å². The van der Waals surface area contributed by atoms with Crippen LogP contribution in [0.1, 0.15) is 51.8 Å². The van der Waals surface area contributed by atoms with Crippen molar-refractivity contribution < 1.29 is 5.11 Å². The van der Waals surface area contributed by atoms with E-state index in [1.54, 1.807) is 0 Å². The smallest absolute Gasteiger partial charge is 0.165 e. The highest BCUT2D eigenvalue weighted by atomic mass is 16.3. The summed E-state index contributed by atoms with van der Waals surface area (Å²) in [4.78, 5) is 0. The van der Waals surface area contributed by atoms with Gasteiger partial charge in [-0.25, -0.2) is 0 Å².